The molecule has 4 rings (SSSR count). The lowest BCUT2D eigenvalue weighted by molar-refractivity contribution is 0.298. The summed E-state index contributed by atoms with van der Waals surface area (Å²) in [5.74, 6) is 1.26. The molecule has 2 N–H and O–H groups in total. The maximum Gasteiger partial charge on any atom is 0.298 e. The normalized spacial score (nSPS) is 13.4. The van der Waals surface area contributed by atoms with Gasteiger partial charge < -0.3 is 19.2 Å². The van der Waals surface area contributed by atoms with E-state index in [1.807, 2.05) is 0 Å². The Kier molecular flexibility index (Phi) is 6.22. The lowest BCUT2D eigenvalue weighted by Crippen LogP contribution is -2.17. The number of halogens is 1. The number of aromatic amines is 1. The first-order valence-corrected chi connectivity index (χ1v) is 11.7. The van der Waals surface area contributed by atoms with Gasteiger partial charge in [0.2, 0.25) is 0 Å². The summed E-state index contributed by atoms with van der Waals surface area (Å²) in [6.45, 7) is 0.656. The molecule has 0 aliphatic heterocycles. The molecule has 3 heterocycles. The number of nitrogens with zero attached hydrogens (tertiary/aromatic N) is 5. The van der Waals surface area contributed by atoms with Crippen molar-refractivity contribution in [3.63, 3.8) is 0 Å². The number of imidazole rings is 2. The summed E-state index contributed by atoms with van der Waals surface area (Å²) in [5, 5.41) is 0.615. The first kappa shape index (κ1) is 21.3. The number of hydrogen-bond acceptors (Lipinski definition) is 6. The van der Waals surface area contributed by atoms with Crippen LogP contribution in [0.25, 0.3) is 11.2 Å². The smallest absolute Gasteiger partial charge is 0.298 e. The summed E-state index contributed by atoms with van der Waals surface area (Å²) in [7, 11) is -3.56. The highest BCUT2D eigenvalue weighted by Gasteiger charge is 2.21. The molecule has 12 heteroatoms. The molecule has 0 amide bonds. The number of benzene rings is 1. The van der Waals surface area contributed by atoms with Crippen molar-refractivity contribution in [1.29, 1.82) is 0 Å². The Bertz CT molecular complexity index is 1270. The van der Waals surface area contributed by atoms with Crippen LogP contribution in [0.3, 0.4) is 0 Å². The van der Waals surface area contributed by atoms with Crippen LogP contribution in [0.5, 0.6) is 5.75 Å². The van der Waals surface area contributed by atoms with Gasteiger partial charge in [-0.3, -0.25) is 13.7 Å². The zero-order valence-corrected chi connectivity index (χ0v) is 18.0. The summed E-state index contributed by atoms with van der Waals surface area (Å²) in [6, 6.07) is 6.99. The average molecular weight is 463 g/mol. The van der Waals surface area contributed by atoms with E-state index in [1.54, 1.807) is 28.8 Å². The maximum atomic E-state index is 12.5. The van der Waals surface area contributed by atoms with Crippen LogP contribution in [0, 0.1) is 0 Å². The van der Waals surface area contributed by atoms with Gasteiger partial charge in [-0.2, -0.15) is 0 Å². The molecule has 10 nitrogen and oxygen atoms in total. The Hall–Kier alpha value is -2.94. The number of nitrogens with one attached hydrogen (secondary N) is 1. The molecule has 0 radical (unpaired) electrons. The van der Waals surface area contributed by atoms with E-state index in [9.17, 15) is 14.3 Å². The summed E-state index contributed by atoms with van der Waals surface area (Å²) in [4.78, 5) is 37.6. The number of rotatable bonds is 9. The SMILES string of the molecule is O=c1[nH]cnc2nc(CCCP(=O)(O)n3ccnc3)n(CCOc3ccc(Cl)cc3)c12. The molecular formula is C19H20ClN6O4P. The van der Waals surface area contributed by atoms with Gasteiger partial charge in [-0.05, 0) is 30.7 Å². The molecule has 0 saturated carbocycles. The van der Waals surface area contributed by atoms with Crippen LogP contribution in [-0.2, 0) is 17.5 Å². The maximum absolute atomic E-state index is 12.5. The highest BCUT2D eigenvalue weighted by Crippen LogP contribution is 2.42. The molecule has 0 saturated heterocycles. The second-order valence-corrected chi connectivity index (χ2v) is 9.50. The van der Waals surface area contributed by atoms with Crippen molar-refractivity contribution in [3.05, 3.63) is 70.5 Å². The van der Waals surface area contributed by atoms with Gasteiger partial charge in [-0.25, -0.2) is 15.0 Å². The van der Waals surface area contributed by atoms with Crippen molar-refractivity contribution in [2.24, 2.45) is 0 Å². The van der Waals surface area contributed by atoms with E-state index < -0.39 is 7.52 Å². The largest absolute Gasteiger partial charge is 0.492 e. The third kappa shape index (κ3) is 4.87. The fourth-order valence-electron chi connectivity index (χ4n) is 3.23. The van der Waals surface area contributed by atoms with Gasteiger partial charge in [-0.15, -0.1) is 0 Å². The summed E-state index contributed by atoms with van der Waals surface area (Å²) in [6.07, 6.45) is 6.40. The molecule has 1 atom stereocenters. The Morgan fingerprint density at radius 2 is 2.06 bits per heavy atom. The van der Waals surface area contributed by atoms with Crippen LogP contribution in [0.15, 0.2) is 54.1 Å². The summed E-state index contributed by atoms with van der Waals surface area (Å²) in [5.41, 5.74) is 0.368. The van der Waals surface area contributed by atoms with Crippen molar-refractivity contribution in [1.82, 2.24) is 28.8 Å². The first-order valence-electron chi connectivity index (χ1n) is 9.56. The Labute approximate surface area is 182 Å². The highest BCUT2D eigenvalue weighted by molar-refractivity contribution is 7.56. The monoisotopic (exact) mass is 462 g/mol. The van der Waals surface area contributed by atoms with Gasteiger partial charge in [-0.1, -0.05) is 11.6 Å². The fourth-order valence-corrected chi connectivity index (χ4v) is 4.65. The fraction of sp³-hybridized carbons (Fsp3) is 0.263. The molecule has 0 spiro atoms. The minimum Gasteiger partial charge on any atom is -0.492 e. The number of H-pyrrole nitrogens is 1. The molecule has 1 aromatic carbocycles. The van der Waals surface area contributed by atoms with E-state index in [-0.39, 0.29) is 11.7 Å². The second-order valence-electron chi connectivity index (χ2n) is 6.82. The van der Waals surface area contributed by atoms with Crippen LogP contribution < -0.4 is 10.3 Å². The van der Waals surface area contributed by atoms with E-state index in [0.717, 1.165) is 0 Å². The first-order chi connectivity index (χ1) is 14.9. The molecular weight excluding hydrogens is 443 g/mol. The lowest BCUT2D eigenvalue weighted by Gasteiger charge is -2.13. The Balaban J connectivity index is 1.49. The topological polar surface area (TPSA) is 128 Å². The van der Waals surface area contributed by atoms with Crippen molar-refractivity contribution >= 4 is 30.3 Å². The van der Waals surface area contributed by atoms with Crippen LogP contribution in [0.1, 0.15) is 12.2 Å². The van der Waals surface area contributed by atoms with E-state index in [2.05, 4.69) is 19.9 Å². The van der Waals surface area contributed by atoms with E-state index >= 15 is 0 Å². The predicted molar refractivity (Wildman–Crippen MR) is 116 cm³/mol. The average Bonchev–Trinajstić information content (AvgIpc) is 3.39. The molecule has 0 aliphatic carbocycles. The molecule has 162 valence electrons. The van der Waals surface area contributed by atoms with Crippen LogP contribution in [0.2, 0.25) is 5.02 Å². The third-order valence-electron chi connectivity index (χ3n) is 4.72. The van der Waals surface area contributed by atoms with E-state index in [0.29, 0.717) is 53.8 Å². The molecule has 31 heavy (non-hydrogen) atoms. The number of aromatic nitrogens is 6. The predicted octanol–water partition coefficient (Wildman–Crippen LogP) is 2.71. The Morgan fingerprint density at radius 1 is 1.26 bits per heavy atom. The van der Waals surface area contributed by atoms with Crippen LogP contribution in [-0.4, -0.2) is 46.5 Å². The van der Waals surface area contributed by atoms with Gasteiger partial charge in [0.25, 0.3) is 13.1 Å². The molecule has 4 aromatic rings. The van der Waals surface area contributed by atoms with Gasteiger partial charge in [0.05, 0.1) is 12.9 Å². The molecule has 0 bridgehead atoms. The van der Waals surface area contributed by atoms with Gasteiger partial charge >= 0.3 is 0 Å². The number of fused-ring (bicyclic) bond motifs is 1. The number of aryl methyl sites for hydroxylation is 1. The number of hydrogen-bond donors (Lipinski definition) is 2. The van der Waals surface area contributed by atoms with Crippen LogP contribution in [0.4, 0.5) is 0 Å². The number of ether oxygens (including phenoxy) is 1. The summed E-state index contributed by atoms with van der Waals surface area (Å²) >= 11 is 5.89. The van der Waals surface area contributed by atoms with Crippen LogP contribution >= 0.6 is 19.1 Å². The van der Waals surface area contributed by atoms with Gasteiger partial charge in [0.1, 0.15) is 24.5 Å². The Morgan fingerprint density at radius 3 is 2.81 bits per heavy atom. The van der Waals surface area contributed by atoms with Crippen molar-refractivity contribution in [2.45, 2.75) is 19.4 Å². The third-order valence-corrected chi connectivity index (χ3v) is 6.83. The standard InChI is InChI=1S/C19H20ClN6O4P/c20-14-3-5-15(6-4-14)30-10-9-26-16(24-18-17(26)19(27)23-12-22-18)2-1-11-31(28,29)25-8-7-21-13-25/h3-8,12-13H,1-2,9-11H2,(H,28,29)(H,22,23,27). The minimum absolute atomic E-state index is 0.0532. The van der Waals surface area contributed by atoms with Crippen molar-refractivity contribution < 1.29 is 14.2 Å². The zero-order chi connectivity index (χ0) is 21.8. The highest BCUT2D eigenvalue weighted by atomic mass is 35.5. The molecule has 1 unspecified atom stereocenters. The van der Waals surface area contributed by atoms with Crippen molar-refractivity contribution in [3.8, 4) is 5.75 Å². The molecule has 0 aliphatic rings. The summed E-state index contributed by atoms with van der Waals surface area (Å²) < 4.78 is 21.2. The molecule has 0 fully saturated rings. The van der Waals surface area contributed by atoms with Gasteiger partial charge in [0, 0.05) is 30.0 Å². The van der Waals surface area contributed by atoms with E-state index in [4.69, 9.17) is 16.3 Å². The lowest BCUT2D eigenvalue weighted by atomic mass is 10.3. The van der Waals surface area contributed by atoms with Gasteiger partial charge in [0.15, 0.2) is 11.2 Å². The van der Waals surface area contributed by atoms with E-state index in [1.165, 1.54) is 29.4 Å². The second kappa shape index (κ2) is 9.05. The quantitative estimate of drug-likeness (QED) is 0.366. The zero-order valence-electron chi connectivity index (χ0n) is 16.4. The van der Waals surface area contributed by atoms with Crippen molar-refractivity contribution in [2.75, 3.05) is 12.8 Å². The minimum atomic E-state index is -3.56. The molecule has 3 aromatic heterocycles.